The number of nitrogens with two attached hydrogens (primary N) is 1. The normalized spacial score (nSPS) is 13.3. The van der Waals surface area contributed by atoms with E-state index in [-0.39, 0.29) is 17.5 Å². The van der Waals surface area contributed by atoms with Gasteiger partial charge in [0.15, 0.2) is 0 Å². The topological polar surface area (TPSA) is 72.2 Å². The summed E-state index contributed by atoms with van der Waals surface area (Å²) in [4.78, 5) is 2.26. The van der Waals surface area contributed by atoms with Crippen molar-refractivity contribution < 1.29 is 8.42 Å². The molecule has 3 N–H and O–H groups in total. The second kappa shape index (κ2) is 6.46. The van der Waals surface area contributed by atoms with E-state index in [0.29, 0.717) is 5.02 Å². The third kappa shape index (κ3) is 3.84. The lowest BCUT2D eigenvalue weighted by atomic mass is 10.2. The van der Waals surface area contributed by atoms with Crippen molar-refractivity contribution >= 4 is 33.0 Å². The molecule has 1 atom stereocenters. The maximum atomic E-state index is 12.4. The van der Waals surface area contributed by atoms with E-state index in [1.54, 1.807) is 17.4 Å². The number of hydrogen-bond donors (Lipinski definition) is 2. The second-order valence-electron chi connectivity index (χ2n) is 4.75. The van der Waals surface area contributed by atoms with Gasteiger partial charge in [-0.05, 0) is 43.7 Å². The minimum atomic E-state index is -3.61. The number of hydrogen-bond acceptors (Lipinski definition) is 4. The fraction of sp³-hybridized carbons (Fsp3) is 0.286. The lowest BCUT2D eigenvalue weighted by molar-refractivity contribution is 0.568. The van der Waals surface area contributed by atoms with E-state index in [1.165, 1.54) is 12.1 Å². The number of benzene rings is 1. The van der Waals surface area contributed by atoms with Crippen LogP contribution in [0.3, 0.4) is 0 Å². The molecule has 0 spiro atoms. The summed E-state index contributed by atoms with van der Waals surface area (Å²) in [7, 11) is -3.61. The van der Waals surface area contributed by atoms with Crippen LogP contribution >= 0.6 is 22.9 Å². The summed E-state index contributed by atoms with van der Waals surface area (Å²) in [6.45, 7) is 4.08. The highest BCUT2D eigenvalue weighted by Gasteiger charge is 2.20. The van der Waals surface area contributed by atoms with Crippen LogP contribution in [0.2, 0.25) is 5.02 Å². The van der Waals surface area contributed by atoms with Crippen molar-refractivity contribution in [2.75, 3.05) is 0 Å². The Hall–Kier alpha value is -0.920. The van der Waals surface area contributed by atoms with E-state index in [2.05, 4.69) is 4.72 Å². The van der Waals surface area contributed by atoms with Crippen LogP contribution < -0.4 is 10.5 Å². The minimum Gasteiger partial charge on any atom is -0.326 e. The van der Waals surface area contributed by atoms with Crippen LogP contribution in [0.4, 0.5) is 0 Å². The highest BCUT2D eigenvalue weighted by atomic mass is 35.5. The lowest BCUT2D eigenvalue weighted by Gasteiger charge is -2.13. The molecule has 7 heteroatoms. The number of rotatable bonds is 5. The molecule has 4 nitrogen and oxygen atoms in total. The summed E-state index contributed by atoms with van der Waals surface area (Å²) < 4.78 is 27.4. The zero-order valence-electron chi connectivity index (χ0n) is 11.8. The van der Waals surface area contributed by atoms with Gasteiger partial charge in [0.1, 0.15) is 0 Å². The zero-order chi connectivity index (χ0) is 15.6. The Morgan fingerprint density at radius 1 is 1.33 bits per heavy atom. The van der Waals surface area contributed by atoms with Gasteiger partial charge >= 0.3 is 0 Å². The van der Waals surface area contributed by atoms with E-state index < -0.39 is 10.0 Å². The summed E-state index contributed by atoms with van der Waals surface area (Å²) in [5.74, 6) is 0. The SMILES string of the molecule is Cc1ccc(C(C)NS(=O)(=O)c2ccc(CN)c(Cl)c2)s1. The quantitative estimate of drug-likeness (QED) is 0.874. The van der Waals surface area contributed by atoms with Crippen molar-refractivity contribution in [3.05, 3.63) is 50.7 Å². The first-order valence-electron chi connectivity index (χ1n) is 6.40. The van der Waals surface area contributed by atoms with Crippen molar-refractivity contribution in [2.45, 2.75) is 31.3 Å². The smallest absolute Gasteiger partial charge is 0.241 e. The molecule has 0 aliphatic heterocycles. The van der Waals surface area contributed by atoms with E-state index in [9.17, 15) is 8.42 Å². The average Bonchev–Trinajstić information content (AvgIpc) is 2.85. The van der Waals surface area contributed by atoms with Gasteiger partial charge in [0.05, 0.1) is 10.9 Å². The second-order valence-corrected chi connectivity index (χ2v) is 8.19. The molecule has 0 amide bonds. The number of sulfonamides is 1. The summed E-state index contributed by atoms with van der Waals surface area (Å²) in [5.41, 5.74) is 6.24. The third-order valence-electron chi connectivity index (χ3n) is 3.07. The Labute approximate surface area is 134 Å². The largest absolute Gasteiger partial charge is 0.326 e. The molecule has 0 aliphatic rings. The summed E-state index contributed by atoms with van der Waals surface area (Å²) >= 11 is 7.59. The van der Waals surface area contributed by atoms with Gasteiger partial charge in [0, 0.05) is 21.3 Å². The standard InChI is InChI=1S/C14H17ClN2O2S2/c1-9-3-6-14(20-9)10(2)17-21(18,19)12-5-4-11(8-16)13(15)7-12/h3-7,10,17H,8,16H2,1-2H3. The van der Waals surface area contributed by atoms with Gasteiger partial charge < -0.3 is 5.73 Å². The van der Waals surface area contributed by atoms with Gasteiger partial charge in [-0.3, -0.25) is 0 Å². The van der Waals surface area contributed by atoms with E-state index in [0.717, 1.165) is 15.3 Å². The number of halogens is 1. The molecule has 1 aromatic heterocycles. The predicted octanol–water partition coefficient (Wildman–Crippen LogP) is 3.21. The molecular weight excluding hydrogens is 328 g/mol. The van der Waals surface area contributed by atoms with E-state index in [4.69, 9.17) is 17.3 Å². The minimum absolute atomic E-state index is 0.143. The highest BCUT2D eigenvalue weighted by Crippen LogP contribution is 2.25. The molecule has 1 aromatic carbocycles. The molecule has 1 heterocycles. The van der Waals surface area contributed by atoms with Crippen LogP contribution in [0.25, 0.3) is 0 Å². The molecule has 2 aromatic rings. The Morgan fingerprint density at radius 3 is 2.57 bits per heavy atom. The number of nitrogens with one attached hydrogen (secondary N) is 1. The first kappa shape index (κ1) is 16.5. The molecule has 0 saturated heterocycles. The molecule has 1 unspecified atom stereocenters. The van der Waals surface area contributed by atoms with Gasteiger partial charge in [-0.2, -0.15) is 0 Å². The lowest BCUT2D eigenvalue weighted by Crippen LogP contribution is -2.26. The van der Waals surface area contributed by atoms with Crippen LogP contribution in [0.15, 0.2) is 35.2 Å². The van der Waals surface area contributed by atoms with E-state index >= 15 is 0 Å². The van der Waals surface area contributed by atoms with Crippen molar-refractivity contribution in [1.29, 1.82) is 0 Å². The predicted molar refractivity (Wildman–Crippen MR) is 87.1 cm³/mol. The first-order valence-corrected chi connectivity index (χ1v) is 9.08. The molecule has 0 saturated carbocycles. The van der Waals surface area contributed by atoms with Crippen LogP contribution in [0, 0.1) is 6.92 Å². The van der Waals surface area contributed by atoms with Gasteiger partial charge in [-0.15, -0.1) is 11.3 Å². The van der Waals surface area contributed by atoms with Gasteiger partial charge in [-0.1, -0.05) is 17.7 Å². The van der Waals surface area contributed by atoms with Gasteiger partial charge in [0.2, 0.25) is 10.0 Å². The molecule has 0 fully saturated rings. The molecule has 0 radical (unpaired) electrons. The fourth-order valence-corrected chi connectivity index (χ4v) is 4.43. The zero-order valence-corrected chi connectivity index (χ0v) is 14.1. The summed E-state index contributed by atoms with van der Waals surface area (Å²) in [6.07, 6.45) is 0. The van der Waals surface area contributed by atoms with Crippen molar-refractivity contribution in [1.82, 2.24) is 4.72 Å². The van der Waals surface area contributed by atoms with Crippen LogP contribution in [-0.4, -0.2) is 8.42 Å². The maximum Gasteiger partial charge on any atom is 0.241 e. The fourth-order valence-electron chi connectivity index (χ4n) is 1.91. The molecule has 114 valence electrons. The van der Waals surface area contributed by atoms with Crippen molar-refractivity contribution in [3.63, 3.8) is 0 Å². The number of thiophene rings is 1. The third-order valence-corrected chi connectivity index (χ3v) is 6.15. The molecule has 0 aliphatic carbocycles. The first-order chi connectivity index (χ1) is 9.83. The Morgan fingerprint density at radius 2 is 2.05 bits per heavy atom. The monoisotopic (exact) mass is 344 g/mol. The maximum absolute atomic E-state index is 12.4. The summed E-state index contributed by atoms with van der Waals surface area (Å²) in [6, 6.07) is 8.19. The van der Waals surface area contributed by atoms with Crippen molar-refractivity contribution in [3.8, 4) is 0 Å². The molecule has 21 heavy (non-hydrogen) atoms. The number of aryl methyl sites for hydroxylation is 1. The Kier molecular flexibility index (Phi) is 5.06. The Bertz CT molecular complexity index is 741. The Balaban J connectivity index is 2.24. The van der Waals surface area contributed by atoms with Gasteiger partial charge in [-0.25, -0.2) is 13.1 Å². The van der Waals surface area contributed by atoms with E-state index in [1.807, 2.05) is 26.0 Å². The highest BCUT2D eigenvalue weighted by molar-refractivity contribution is 7.89. The van der Waals surface area contributed by atoms with Crippen LogP contribution in [0.5, 0.6) is 0 Å². The molecule has 0 bridgehead atoms. The van der Waals surface area contributed by atoms with Crippen LogP contribution in [0.1, 0.15) is 28.3 Å². The van der Waals surface area contributed by atoms with Crippen LogP contribution in [-0.2, 0) is 16.6 Å². The molecular formula is C14H17ClN2O2S2. The van der Waals surface area contributed by atoms with Gasteiger partial charge in [0.25, 0.3) is 0 Å². The van der Waals surface area contributed by atoms with Crippen molar-refractivity contribution in [2.24, 2.45) is 5.73 Å². The summed E-state index contributed by atoms with van der Waals surface area (Å²) in [5, 5.41) is 0.361. The average molecular weight is 345 g/mol. The molecule has 2 rings (SSSR count).